The molecule has 1 aliphatic carbocycles. The van der Waals surface area contributed by atoms with E-state index in [0.717, 1.165) is 56.3 Å². The standard InChI is InChI=1S/C25H27N5O4/c31-21-7-4-12-29(21)14-16-8-10-17(11-9-16)27-25-26-13-19-22(32)20(24(33)34)15-30(23(19)28-25)18-5-2-1-3-6-18/h8-11,13,15,18H,1-7,12,14H2,(H,33,34)(H,26,27,28). The van der Waals surface area contributed by atoms with Gasteiger partial charge in [0.1, 0.15) is 11.2 Å². The summed E-state index contributed by atoms with van der Waals surface area (Å²) in [6, 6.07) is 7.85. The zero-order valence-corrected chi connectivity index (χ0v) is 18.9. The highest BCUT2D eigenvalue weighted by Crippen LogP contribution is 2.30. The van der Waals surface area contributed by atoms with Crippen molar-refractivity contribution < 1.29 is 14.7 Å². The lowest BCUT2D eigenvalue weighted by Crippen LogP contribution is -2.23. The molecular weight excluding hydrogens is 434 g/mol. The van der Waals surface area contributed by atoms with Gasteiger partial charge in [-0.1, -0.05) is 31.4 Å². The monoisotopic (exact) mass is 461 g/mol. The van der Waals surface area contributed by atoms with Gasteiger partial charge in [-0.2, -0.15) is 4.98 Å². The number of aromatic carboxylic acids is 1. The Bertz CT molecular complexity index is 1300. The number of hydrogen-bond acceptors (Lipinski definition) is 6. The summed E-state index contributed by atoms with van der Waals surface area (Å²) in [4.78, 5) is 47.1. The van der Waals surface area contributed by atoms with E-state index in [2.05, 4.69) is 15.3 Å². The number of pyridine rings is 1. The molecule has 2 aliphatic rings. The molecule has 2 aromatic heterocycles. The number of benzene rings is 1. The van der Waals surface area contributed by atoms with Crippen LogP contribution in [0.25, 0.3) is 11.0 Å². The predicted molar refractivity (Wildman–Crippen MR) is 127 cm³/mol. The average molecular weight is 462 g/mol. The quantitative estimate of drug-likeness (QED) is 0.572. The maximum atomic E-state index is 12.8. The van der Waals surface area contributed by atoms with Gasteiger partial charge in [0.25, 0.3) is 0 Å². The number of carbonyl (C=O) groups excluding carboxylic acids is 1. The summed E-state index contributed by atoms with van der Waals surface area (Å²) in [6.45, 7) is 1.40. The highest BCUT2D eigenvalue weighted by molar-refractivity contribution is 5.91. The number of rotatable bonds is 6. The van der Waals surface area contributed by atoms with Crippen molar-refractivity contribution in [2.24, 2.45) is 0 Å². The van der Waals surface area contributed by atoms with E-state index in [0.29, 0.717) is 24.6 Å². The van der Waals surface area contributed by atoms with Gasteiger partial charge in [0.05, 0.1) is 5.39 Å². The minimum atomic E-state index is -1.24. The molecule has 1 aromatic carbocycles. The van der Waals surface area contributed by atoms with Crippen molar-refractivity contribution in [1.29, 1.82) is 0 Å². The van der Waals surface area contributed by atoms with Crippen LogP contribution in [0.4, 0.5) is 11.6 Å². The van der Waals surface area contributed by atoms with Crippen LogP contribution in [0, 0.1) is 0 Å². The molecule has 0 atom stereocenters. The smallest absolute Gasteiger partial charge is 0.341 e. The molecule has 2 fully saturated rings. The van der Waals surface area contributed by atoms with Gasteiger partial charge in [-0.15, -0.1) is 0 Å². The Morgan fingerprint density at radius 3 is 2.53 bits per heavy atom. The lowest BCUT2D eigenvalue weighted by Gasteiger charge is -2.26. The third kappa shape index (κ3) is 4.37. The summed E-state index contributed by atoms with van der Waals surface area (Å²) in [5, 5.41) is 12.9. The van der Waals surface area contributed by atoms with Crippen molar-refractivity contribution >= 4 is 34.5 Å². The third-order valence-electron chi connectivity index (χ3n) is 6.72. The second-order valence-electron chi connectivity index (χ2n) is 9.05. The van der Waals surface area contributed by atoms with Gasteiger partial charge < -0.3 is 19.9 Å². The number of carboxylic acid groups (broad SMARTS) is 1. The minimum Gasteiger partial charge on any atom is -0.477 e. The van der Waals surface area contributed by atoms with Crippen LogP contribution in [0.3, 0.4) is 0 Å². The van der Waals surface area contributed by atoms with E-state index >= 15 is 0 Å². The summed E-state index contributed by atoms with van der Waals surface area (Å²) >= 11 is 0. The maximum Gasteiger partial charge on any atom is 0.341 e. The predicted octanol–water partition coefficient (Wildman–Crippen LogP) is 3.86. The van der Waals surface area contributed by atoms with Crippen molar-refractivity contribution in [3.8, 4) is 0 Å². The molecule has 0 unspecified atom stereocenters. The van der Waals surface area contributed by atoms with Crippen LogP contribution in [0.1, 0.15) is 66.9 Å². The number of nitrogens with zero attached hydrogens (tertiary/aromatic N) is 4. The molecule has 0 radical (unpaired) electrons. The number of carboxylic acids is 1. The molecule has 34 heavy (non-hydrogen) atoms. The normalized spacial score (nSPS) is 16.8. The van der Waals surface area contributed by atoms with Crippen LogP contribution in [0.15, 0.2) is 41.5 Å². The topological polar surface area (TPSA) is 117 Å². The number of hydrogen-bond donors (Lipinski definition) is 2. The molecule has 9 nitrogen and oxygen atoms in total. The van der Waals surface area contributed by atoms with E-state index in [1.54, 1.807) is 0 Å². The number of aromatic nitrogens is 3. The van der Waals surface area contributed by atoms with Gasteiger partial charge in [0, 0.05) is 43.6 Å². The van der Waals surface area contributed by atoms with Gasteiger partial charge in [0.2, 0.25) is 17.3 Å². The number of carbonyl (C=O) groups is 2. The van der Waals surface area contributed by atoms with Crippen molar-refractivity contribution in [2.45, 2.75) is 57.5 Å². The summed E-state index contributed by atoms with van der Waals surface area (Å²) in [7, 11) is 0. The first-order valence-corrected chi connectivity index (χ1v) is 11.8. The fraction of sp³-hybridized carbons (Fsp3) is 0.400. The van der Waals surface area contributed by atoms with Crippen LogP contribution in [-0.2, 0) is 11.3 Å². The van der Waals surface area contributed by atoms with Crippen LogP contribution >= 0.6 is 0 Å². The number of fused-ring (bicyclic) bond motifs is 1. The Kier molecular flexibility index (Phi) is 6.00. The Labute approximate surface area is 196 Å². The zero-order valence-electron chi connectivity index (χ0n) is 18.9. The summed E-state index contributed by atoms with van der Waals surface area (Å²) in [6.07, 6.45) is 9.51. The van der Waals surface area contributed by atoms with Crippen molar-refractivity contribution in [1.82, 2.24) is 19.4 Å². The fourth-order valence-electron chi connectivity index (χ4n) is 4.90. The molecule has 0 spiro atoms. The van der Waals surface area contributed by atoms with E-state index in [-0.39, 0.29) is 22.9 Å². The molecule has 1 amide bonds. The Morgan fingerprint density at radius 1 is 1.09 bits per heavy atom. The van der Waals surface area contributed by atoms with Crippen LogP contribution in [-0.4, -0.2) is 43.0 Å². The molecule has 0 bridgehead atoms. The Balaban J connectivity index is 1.44. The lowest BCUT2D eigenvalue weighted by molar-refractivity contribution is -0.128. The second kappa shape index (κ2) is 9.24. The highest BCUT2D eigenvalue weighted by atomic mass is 16.4. The second-order valence-corrected chi connectivity index (χ2v) is 9.05. The molecule has 1 saturated carbocycles. The first-order valence-electron chi connectivity index (χ1n) is 11.8. The molecular formula is C25H27N5O4. The molecule has 5 rings (SSSR count). The average Bonchev–Trinajstić information content (AvgIpc) is 3.25. The number of likely N-dealkylation sites (tertiary alicyclic amines) is 1. The molecule has 176 valence electrons. The van der Waals surface area contributed by atoms with E-state index in [1.165, 1.54) is 12.4 Å². The van der Waals surface area contributed by atoms with Gasteiger partial charge in [-0.3, -0.25) is 9.59 Å². The van der Waals surface area contributed by atoms with Crippen LogP contribution < -0.4 is 10.7 Å². The SMILES string of the molecule is O=C(O)c1cn(C2CCCCC2)c2nc(Nc3ccc(CN4CCCC4=O)cc3)ncc2c1=O. The van der Waals surface area contributed by atoms with Gasteiger partial charge in [0.15, 0.2) is 0 Å². The molecule has 1 saturated heterocycles. The molecule has 3 heterocycles. The zero-order chi connectivity index (χ0) is 23.7. The van der Waals surface area contributed by atoms with Crippen molar-refractivity contribution in [3.05, 3.63) is 58.0 Å². The van der Waals surface area contributed by atoms with Gasteiger partial charge >= 0.3 is 5.97 Å². The first-order chi connectivity index (χ1) is 16.5. The van der Waals surface area contributed by atoms with E-state index < -0.39 is 11.4 Å². The summed E-state index contributed by atoms with van der Waals surface area (Å²) in [5.74, 6) is -0.710. The highest BCUT2D eigenvalue weighted by Gasteiger charge is 2.23. The molecule has 2 N–H and O–H groups in total. The fourth-order valence-corrected chi connectivity index (χ4v) is 4.90. The molecule has 3 aromatic rings. The van der Waals surface area contributed by atoms with Gasteiger partial charge in [-0.25, -0.2) is 9.78 Å². The summed E-state index contributed by atoms with van der Waals surface area (Å²) in [5.41, 5.74) is 1.46. The summed E-state index contributed by atoms with van der Waals surface area (Å²) < 4.78 is 1.85. The first kappa shape index (κ1) is 22.1. The van der Waals surface area contributed by atoms with Crippen LogP contribution in [0.2, 0.25) is 0 Å². The number of amides is 1. The Hall–Kier alpha value is -3.75. The van der Waals surface area contributed by atoms with Crippen molar-refractivity contribution in [2.75, 3.05) is 11.9 Å². The van der Waals surface area contributed by atoms with E-state index in [9.17, 15) is 19.5 Å². The van der Waals surface area contributed by atoms with E-state index in [1.807, 2.05) is 33.7 Å². The van der Waals surface area contributed by atoms with Crippen molar-refractivity contribution in [3.63, 3.8) is 0 Å². The number of anilines is 2. The maximum absolute atomic E-state index is 12.8. The molecule has 9 heteroatoms. The minimum absolute atomic E-state index is 0.102. The third-order valence-corrected chi connectivity index (χ3v) is 6.72. The van der Waals surface area contributed by atoms with E-state index in [4.69, 9.17) is 0 Å². The molecule has 1 aliphatic heterocycles. The Morgan fingerprint density at radius 2 is 1.85 bits per heavy atom. The van der Waals surface area contributed by atoms with Gasteiger partial charge in [-0.05, 0) is 37.0 Å². The van der Waals surface area contributed by atoms with Crippen LogP contribution in [0.5, 0.6) is 0 Å². The largest absolute Gasteiger partial charge is 0.477 e. The lowest BCUT2D eigenvalue weighted by atomic mass is 9.95. The number of nitrogens with one attached hydrogen (secondary N) is 1.